The van der Waals surface area contributed by atoms with Crippen molar-refractivity contribution in [2.45, 2.75) is 57.5 Å². The van der Waals surface area contributed by atoms with Crippen LogP contribution >= 0.6 is 11.3 Å². The molecule has 0 amide bonds. The van der Waals surface area contributed by atoms with Crippen LogP contribution in [0.15, 0.2) is 35.7 Å². The Labute approximate surface area is 155 Å². The molecule has 2 aromatic rings. The quantitative estimate of drug-likeness (QED) is 0.585. The lowest BCUT2D eigenvalue weighted by atomic mass is 9.48. The number of nitrogens with zero attached hydrogens (tertiary/aromatic N) is 1. The minimum absolute atomic E-state index is 0.294. The molecule has 4 aliphatic carbocycles. The SMILES string of the molecule is Cc1ccccc1N1[C@@H](C)c2ccsc2C12C1CC3CC(C1)CC2C3. The number of rotatable bonds is 1. The Hall–Kier alpha value is -1.28. The number of hydrogen-bond acceptors (Lipinski definition) is 2. The van der Waals surface area contributed by atoms with Gasteiger partial charge < -0.3 is 4.90 Å². The van der Waals surface area contributed by atoms with E-state index in [0.717, 1.165) is 23.7 Å². The monoisotopic (exact) mass is 349 g/mol. The van der Waals surface area contributed by atoms with Crippen molar-refractivity contribution in [1.29, 1.82) is 0 Å². The highest BCUT2D eigenvalue weighted by molar-refractivity contribution is 7.10. The van der Waals surface area contributed by atoms with Crippen molar-refractivity contribution in [2.24, 2.45) is 23.7 Å². The molecule has 2 heteroatoms. The van der Waals surface area contributed by atoms with Crippen LogP contribution in [0.5, 0.6) is 0 Å². The van der Waals surface area contributed by atoms with Gasteiger partial charge in [0.05, 0.1) is 11.6 Å². The largest absolute Gasteiger partial charge is 0.353 e. The zero-order valence-electron chi connectivity index (χ0n) is 15.2. The maximum absolute atomic E-state index is 2.90. The molecule has 5 aliphatic rings. The van der Waals surface area contributed by atoms with Crippen molar-refractivity contribution in [2.75, 3.05) is 4.90 Å². The Morgan fingerprint density at radius 2 is 1.64 bits per heavy atom. The van der Waals surface area contributed by atoms with Crippen LogP contribution in [0.3, 0.4) is 0 Å². The second-order valence-corrected chi connectivity index (χ2v) is 10.1. The molecular weight excluding hydrogens is 322 g/mol. The zero-order chi connectivity index (χ0) is 16.8. The molecule has 1 aromatic carbocycles. The molecule has 130 valence electrons. The van der Waals surface area contributed by atoms with Crippen molar-refractivity contribution in [3.63, 3.8) is 0 Å². The van der Waals surface area contributed by atoms with Gasteiger partial charge in [0.25, 0.3) is 0 Å². The lowest BCUT2D eigenvalue weighted by Gasteiger charge is -2.63. The van der Waals surface area contributed by atoms with Crippen LogP contribution in [0.25, 0.3) is 0 Å². The minimum atomic E-state index is 0.294. The highest BCUT2D eigenvalue weighted by Gasteiger charge is 2.65. The number of hydrogen-bond donors (Lipinski definition) is 0. The van der Waals surface area contributed by atoms with Crippen molar-refractivity contribution in [3.05, 3.63) is 51.7 Å². The van der Waals surface area contributed by atoms with Crippen LogP contribution in [0.1, 0.15) is 61.1 Å². The molecule has 2 heterocycles. The second-order valence-electron chi connectivity index (χ2n) is 9.17. The summed E-state index contributed by atoms with van der Waals surface area (Å²) >= 11 is 2.06. The number of thiophene rings is 1. The van der Waals surface area contributed by atoms with Crippen molar-refractivity contribution in [3.8, 4) is 0 Å². The molecule has 0 radical (unpaired) electrons. The topological polar surface area (TPSA) is 3.24 Å². The fourth-order valence-corrected chi connectivity index (χ4v) is 8.80. The third kappa shape index (κ3) is 1.70. The number of aryl methyl sites for hydroxylation is 1. The summed E-state index contributed by atoms with van der Waals surface area (Å²) in [4.78, 5) is 4.63. The molecule has 7 rings (SSSR count). The van der Waals surface area contributed by atoms with Crippen molar-refractivity contribution >= 4 is 17.0 Å². The summed E-state index contributed by atoms with van der Waals surface area (Å²) in [6, 6.07) is 12.1. The predicted octanol–water partition coefficient (Wildman–Crippen LogP) is 6.29. The first-order valence-corrected chi connectivity index (χ1v) is 11.0. The highest BCUT2D eigenvalue weighted by atomic mass is 32.1. The fraction of sp³-hybridized carbons (Fsp3) is 0.565. The van der Waals surface area contributed by atoms with Gasteiger partial charge in [-0.3, -0.25) is 0 Å². The Balaban J connectivity index is 1.61. The van der Waals surface area contributed by atoms with E-state index in [2.05, 4.69) is 65.8 Å². The molecule has 4 saturated carbocycles. The lowest BCUT2D eigenvalue weighted by Crippen LogP contribution is -2.62. The van der Waals surface area contributed by atoms with Crippen LogP contribution in [0.2, 0.25) is 0 Å². The van der Waals surface area contributed by atoms with Gasteiger partial charge in [0.2, 0.25) is 0 Å². The highest BCUT2D eigenvalue weighted by Crippen LogP contribution is 2.69. The standard InChI is InChI=1S/C23H27NS/c1-14-5-3-4-6-21(14)24-15(2)20-7-8-25-22(20)23(24)18-10-16-9-17(12-18)13-19(23)11-16/h3-8,15-19H,9-13H2,1-2H3/t15-,16?,17?,18?,19?,23?/m0/s1. The van der Waals surface area contributed by atoms with Crippen LogP contribution in [-0.4, -0.2) is 0 Å². The van der Waals surface area contributed by atoms with Gasteiger partial charge in [-0.15, -0.1) is 11.3 Å². The smallest absolute Gasteiger partial charge is 0.0812 e. The Bertz CT molecular complexity index is 806. The van der Waals surface area contributed by atoms with E-state index in [1.807, 2.05) is 0 Å². The molecule has 25 heavy (non-hydrogen) atoms. The van der Waals surface area contributed by atoms with Crippen LogP contribution in [0.4, 0.5) is 5.69 Å². The second kappa shape index (κ2) is 4.91. The number of anilines is 1. The summed E-state index contributed by atoms with van der Waals surface area (Å²) in [5.41, 5.74) is 4.85. The van der Waals surface area contributed by atoms with Gasteiger partial charge in [-0.1, -0.05) is 18.2 Å². The average molecular weight is 350 g/mol. The van der Waals surface area contributed by atoms with Gasteiger partial charge in [-0.2, -0.15) is 0 Å². The number of para-hydroxylation sites is 1. The lowest BCUT2D eigenvalue weighted by molar-refractivity contribution is -0.0588. The van der Waals surface area contributed by atoms with Gasteiger partial charge in [-0.25, -0.2) is 0 Å². The molecule has 4 bridgehead atoms. The van der Waals surface area contributed by atoms with Crippen LogP contribution < -0.4 is 4.90 Å². The molecule has 1 spiro atoms. The van der Waals surface area contributed by atoms with Gasteiger partial charge in [0, 0.05) is 10.6 Å². The third-order valence-corrected chi connectivity index (χ3v) is 9.12. The molecule has 0 N–H and O–H groups in total. The maximum Gasteiger partial charge on any atom is 0.0812 e. The third-order valence-electron chi connectivity index (χ3n) is 8.05. The molecule has 1 nitrogen and oxygen atoms in total. The molecule has 4 fully saturated rings. The van der Waals surface area contributed by atoms with Gasteiger partial charge in [-0.05, 0) is 98.3 Å². The summed E-state index contributed by atoms with van der Waals surface area (Å²) in [6.07, 6.45) is 7.41. The first-order valence-electron chi connectivity index (χ1n) is 10.1. The summed E-state index contributed by atoms with van der Waals surface area (Å²) in [6.45, 7) is 4.76. The zero-order valence-corrected chi connectivity index (χ0v) is 16.1. The van der Waals surface area contributed by atoms with Crippen molar-refractivity contribution in [1.82, 2.24) is 0 Å². The summed E-state index contributed by atoms with van der Waals surface area (Å²) in [5, 5.41) is 2.36. The predicted molar refractivity (Wildman–Crippen MR) is 105 cm³/mol. The normalized spacial score (nSPS) is 40.9. The van der Waals surface area contributed by atoms with E-state index < -0.39 is 0 Å². The van der Waals surface area contributed by atoms with Gasteiger partial charge in [0.15, 0.2) is 0 Å². The van der Waals surface area contributed by atoms with E-state index in [9.17, 15) is 0 Å². The van der Waals surface area contributed by atoms with E-state index in [1.54, 1.807) is 10.4 Å². The molecule has 0 saturated heterocycles. The summed E-state index contributed by atoms with van der Waals surface area (Å²) in [5.74, 6) is 3.77. The first-order chi connectivity index (χ1) is 12.2. The molecule has 1 aliphatic heterocycles. The van der Waals surface area contributed by atoms with E-state index in [0.29, 0.717) is 11.6 Å². The minimum Gasteiger partial charge on any atom is -0.353 e. The maximum atomic E-state index is 2.90. The Kier molecular flexibility index (Phi) is 2.92. The Morgan fingerprint density at radius 1 is 0.960 bits per heavy atom. The number of fused-ring (bicyclic) bond motifs is 1. The Morgan fingerprint density at radius 3 is 2.32 bits per heavy atom. The summed E-state index contributed by atoms with van der Waals surface area (Å²) in [7, 11) is 0. The fourth-order valence-electron chi connectivity index (χ4n) is 7.45. The number of benzene rings is 1. The first kappa shape index (κ1) is 14.8. The average Bonchev–Trinajstić information content (AvgIpc) is 3.15. The van der Waals surface area contributed by atoms with Gasteiger partial charge in [0.1, 0.15) is 0 Å². The molecule has 1 aromatic heterocycles. The molecule has 0 unspecified atom stereocenters. The summed E-state index contributed by atoms with van der Waals surface area (Å²) < 4.78 is 0. The van der Waals surface area contributed by atoms with Gasteiger partial charge >= 0.3 is 0 Å². The molecule has 1 atom stereocenters. The van der Waals surface area contributed by atoms with Crippen LogP contribution in [-0.2, 0) is 5.54 Å². The molecular formula is C23H27NS. The van der Waals surface area contributed by atoms with E-state index in [1.165, 1.54) is 43.4 Å². The van der Waals surface area contributed by atoms with E-state index in [-0.39, 0.29) is 0 Å². The van der Waals surface area contributed by atoms with Crippen LogP contribution in [0, 0.1) is 30.6 Å². The van der Waals surface area contributed by atoms with Crippen molar-refractivity contribution < 1.29 is 0 Å². The van der Waals surface area contributed by atoms with E-state index >= 15 is 0 Å². The van der Waals surface area contributed by atoms with E-state index in [4.69, 9.17) is 0 Å².